The van der Waals surface area contributed by atoms with Gasteiger partial charge in [0.25, 0.3) is 0 Å². The van der Waals surface area contributed by atoms with Gasteiger partial charge in [-0.25, -0.2) is 0 Å². The molecule has 3 rings (SSSR count). The van der Waals surface area contributed by atoms with E-state index in [-0.39, 0.29) is 5.78 Å². The summed E-state index contributed by atoms with van der Waals surface area (Å²) in [6.45, 7) is 3.09. The van der Waals surface area contributed by atoms with Crippen LogP contribution < -0.4 is 4.90 Å². The second-order valence-corrected chi connectivity index (χ2v) is 7.37. The van der Waals surface area contributed by atoms with Crippen LogP contribution in [0, 0.1) is 0 Å². The van der Waals surface area contributed by atoms with Crippen LogP contribution in [0.1, 0.15) is 26.2 Å². The van der Waals surface area contributed by atoms with Crippen molar-refractivity contribution in [3.05, 3.63) is 58.8 Å². The second kappa shape index (κ2) is 7.31. The quantitative estimate of drug-likeness (QED) is 0.751. The van der Waals surface area contributed by atoms with Crippen molar-refractivity contribution in [1.29, 1.82) is 0 Å². The molecule has 0 atom stereocenters. The highest BCUT2D eigenvalue weighted by Crippen LogP contribution is 2.45. The summed E-state index contributed by atoms with van der Waals surface area (Å²) in [5.41, 5.74) is 3.11. The number of para-hydroxylation sites is 1. The standard InChI is InChI=1S/C20H24N2OS/c1-4-22-17-10-5-6-11-18(17)24-19(22)13-12-15-8-7-9-16(20(15)23)14-21(2)3/h5-6,10-14H,4,7-9H2,1-3H3/b15-12+,16-14+,19-13-. The van der Waals surface area contributed by atoms with Crippen molar-refractivity contribution in [1.82, 2.24) is 4.90 Å². The molecule has 0 saturated heterocycles. The van der Waals surface area contributed by atoms with Crippen LogP contribution in [-0.2, 0) is 4.79 Å². The first kappa shape index (κ1) is 16.9. The van der Waals surface area contributed by atoms with Gasteiger partial charge < -0.3 is 9.80 Å². The van der Waals surface area contributed by atoms with Crippen LogP contribution in [0.5, 0.6) is 0 Å². The van der Waals surface area contributed by atoms with Crippen molar-refractivity contribution < 1.29 is 4.79 Å². The maximum absolute atomic E-state index is 12.6. The van der Waals surface area contributed by atoms with E-state index in [4.69, 9.17) is 0 Å². The molecule has 0 amide bonds. The summed E-state index contributed by atoms with van der Waals surface area (Å²) in [5, 5.41) is 1.20. The van der Waals surface area contributed by atoms with Crippen molar-refractivity contribution in [2.24, 2.45) is 0 Å². The number of Topliss-reactive ketones (excluding diaryl/α,β-unsaturated/α-hetero) is 1. The number of rotatable bonds is 3. The van der Waals surface area contributed by atoms with Crippen molar-refractivity contribution in [2.75, 3.05) is 25.5 Å². The molecule has 3 nitrogen and oxygen atoms in total. The maximum atomic E-state index is 12.6. The van der Waals surface area contributed by atoms with Gasteiger partial charge in [-0.3, -0.25) is 4.79 Å². The summed E-state index contributed by atoms with van der Waals surface area (Å²) >= 11 is 1.78. The van der Waals surface area contributed by atoms with E-state index in [9.17, 15) is 4.79 Å². The molecule has 0 aromatic heterocycles. The third-order valence-electron chi connectivity index (χ3n) is 4.27. The lowest BCUT2D eigenvalue weighted by Gasteiger charge is -2.19. The van der Waals surface area contributed by atoms with E-state index in [1.54, 1.807) is 11.8 Å². The highest BCUT2D eigenvalue weighted by atomic mass is 32.2. The Morgan fingerprint density at radius 3 is 2.67 bits per heavy atom. The highest BCUT2D eigenvalue weighted by molar-refractivity contribution is 8.03. The lowest BCUT2D eigenvalue weighted by atomic mass is 9.89. The van der Waals surface area contributed by atoms with E-state index in [1.807, 2.05) is 31.3 Å². The van der Waals surface area contributed by atoms with E-state index in [2.05, 4.69) is 42.2 Å². The fourth-order valence-corrected chi connectivity index (χ4v) is 4.30. The van der Waals surface area contributed by atoms with Crippen LogP contribution in [0.3, 0.4) is 0 Å². The number of hydrogen-bond donors (Lipinski definition) is 0. The van der Waals surface area contributed by atoms with Crippen LogP contribution in [-0.4, -0.2) is 31.3 Å². The van der Waals surface area contributed by atoms with Gasteiger partial charge in [0.05, 0.1) is 10.7 Å². The predicted molar refractivity (Wildman–Crippen MR) is 102 cm³/mol. The fraction of sp³-hybridized carbons (Fsp3) is 0.350. The van der Waals surface area contributed by atoms with Crippen molar-refractivity contribution >= 4 is 23.2 Å². The summed E-state index contributed by atoms with van der Waals surface area (Å²) in [5.74, 6) is 0.204. The second-order valence-electron chi connectivity index (χ2n) is 6.31. The van der Waals surface area contributed by atoms with Gasteiger partial charge in [0.1, 0.15) is 0 Å². The number of fused-ring (bicyclic) bond motifs is 1. The summed E-state index contributed by atoms with van der Waals surface area (Å²) < 4.78 is 0. The van der Waals surface area contributed by atoms with Crippen molar-refractivity contribution in [3.8, 4) is 0 Å². The van der Waals surface area contributed by atoms with E-state index in [0.29, 0.717) is 0 Å². The summed E-state index contributed by atoms with van der Waals surface area (Å²) in [6, 6.07) is 8.46. The van der Waals surface area contributed by atoms with Crippen molar-refractivity contribution in [3.63, 3.8) is 0 Å². The summed E-state index contributed by atoms with van der Waals surface area (Å²) in [7, 11) is 3.93. The first-order valence-corrected chi connectivity index (χ1v) is 9.29. The van der Waals surface area contributed by atoms with Gasteiger partial charge in [0.2, 0.25) is 0 Å². The summed E-state index contributed by atoms with van der Waals surface area (Å²) in [6.07, 6.45) is 8.90. The van der Waals surface area contributed by atoms with Gasteiger partial charge in [0.15, 0.2) is 5.78 Å². The molecule has 1 aromatic rings. The van der Waals surface area contributed by atoms with Crippen LogP contribution in [0.2, 0.25) is 0 Å². The minimum absolute atomic E-state index is 0.204. The Kier molecular flexibility index (Phi) is 5.14. The number of allylic oxidation sites excluding steroid dienone is 4. The monoisotopic (exact) mass is 340 g/mol. The fourth-order valence-electron chi connectivity index (χ4n) is 3.17. The Balaban J connectivity index is 1.84. The number of carbonyl (C=O) groups excluding carboxylic acids is 1. The average Bonchev–Trinajstić information content (AvgIpc) is 2.92. The molecular formula is C20H24N2OS. The number of benzene rings is 1. The molecule has 1 aromatic carbocycles. The number of carbonyl (C=O) groups is 1. The van der Waals surface area contributed by atoms with Gasteiger partial charge in [-0.1, -0.05) is 30.0 Å². The highest BCUT2D eigenvalue weighted by Gasteiger charge is 2.24. The van der Waals surface area contributed by atoms with E-state index in [0.717, 1.165) is 37.0 Å². The Morgan fingerprint density at radius 2 is 1.92 bits per heavy atom. The molecule has 126 valence electrons. The van der Waals surface area contributed by atoms with Crippen LogP contribution in [0.4, 0.5) is 5.69 Å². The Labute approximate surface area is 148 Å². The SMILES string of the molecule is CCN1/C(=C/C=C2\CCC/C(=C\N(C)C)C2=O)Sc2ccccc21. The molecular weight excluding hydrogens is 316 g/mol. The molecule has 0 bridgehead atoms. The molecule has 24 heavy (non-hydrogen) atoms. The molecule has 1 fully saturated rings. The Morgan fingerprint density at radius 1 is 1.17 bits per heavy atom. The first-order valence-electron chi connectivity index (χ1n) is 8.47. The topological polar surface area (TPSA) is 23.6 Å². The maximum Gasteiger partial charge on any atom is 0.186 e. The van der Waals surface area contributed by atoms with Gasteiger partial charge in [-0.15, -0.1) is 0 Å². The third-order valence-corrected chi connectivity index (χ3v) is 5.40. The van der Waals surface area contributed by atoms with Crippen LogP contribution in [0.25, 0.3) is 0 Å². The normalized spacial score (nSPS) is 22.5. The lowest BCUT2D eigenvalue weighted by molar-refractivity contribution is -0.113. The zero-order valence-corrected chi connectivity index (χ0v) is 15.4. The van der Waals surface area contributed by atoms with Crippen LogP contribution in [0.15, 0.2) is 63.7 Å². The molecule has 1 aliphatic heterocycles. The zero-order valence-electron chi connectivity index (χ0n) is 14.6. The number of hydrogen-bond acceptors (Lipinski definition) is 4. The largest absolute Gasteiger partial charge is 0.383 e. The van der Waals surface area contributed by atoms with E-state index in [1.165, 1.54) is 15.6 Å². The predicted octanol–water partition coefficient (Wildman–Crippen LogP) is 4.58. The van der Waals surface area contributed by atoms with E-state index >= 15 is 0 Å². The average molecular weight is 340 g/mol. The van der Waals surface area contributed by atoms with Crippen LogP contribution >= 0.6 is 11.8 Å². The van der Waals surface area contributed by atoms with E-state index < -0.39 is 0 Å². The molecule has 2 aliphatic rings. The number of ketones is 1. The molecule has 1 saturated carbocycles. The molecule has 1 heterocycles. The smallest absolute Gasteiger partial charge is 0.186 e. The molecule has 4 heteroatoms. The molecule has 0 N–H and O–H groups in total. The molecule has 0 radical (unpaired) electrons. The Hall–Kier alpha value is -1.94. The molecule has 0 spiro atoms. The Bertz CT molecular complexity index is 731. The minimum Gasteiger partial charge on any atom is -0.383 e. The number of thioether (sulfide) groups is 1. The van der Waals surface area contributed by atoms with Gasteiger partial charge >= 0.3 is 0 Å². The summed E-state index contributed by atoms with van der Waals surface area (Å²) in [4.78, 5) is 18.2. The number of anilines is 1. The lowest BCUT2D eigenvalue weighted by Crippen LogP contribution is -2.17. The van der Waals surface area contributed by atoms with Gasteiger partial charge in [-0.05, 0) is 50.0 Å². The molecule has 0 unspecified atom stereocenters. The zero-order chi connectivity index (χ0) is 17.1. The number of nitrogens with zero attached hydrogens (tertiary/aromatic N) is 2. The van der Waals surface area contributed by atoms with Gasteiger partial charge in [-0.2, -0.15) is 0 Å². The van der Waals surface area contributed by atoms with Gasteiger partial charge in [0, 0.05) is 37.3 Å². The third kappa shape index (κ3) is 3.44. The molecule has 1 aliphatic carbocycles. The first-order chi connectivity index (χ1) is 11.6. The van der Waals surface area contributed by atoms with Crippen molar-refractivity contribution in [2.45, 2.75) is 31.1 Å². The minimum atomic E-state index is 0.204.